The lowest BCUT2D eigenvalue weighted by molar-refractivity contribution is -0.969. The van der Waals surface area contributed by atoms with E-state index in [0.717, 1.165) is 13.1 Å². The van der Waals surface area contributed by atoms with Crippen LogP contribution >= 0.6 is 31.9 Å². The van der Waals surface area contributed by atoms with Gasteiger partial charge < -0.3 is 44.0 Å². The molecule has 0 fully saturated rings. The summed E-state index contributed by atoms with van der Waals surface area (Å²) in [5.41, 5.74) is 0. The molecule has 222 valence electrons. The third kappa shape index (κ3) is 17.7. The predicted octanol–water partition coefficient (Wildman–Crippen LogP) is 0.179. The minimum absolute atomic E-state index is 0. The van der Waals surface area contributed by atoms with E-state index in [1.54, 1.807) is 28.2 Å². The maximum atomic E-state index is 11.5. The van der Waals surface area contributed by atoms with Crippen LogP contribution in [-0.4, -0.2) is 162 Å². The molecule has 0 aliphatic heterocycles. The molecule has 4 unspecified atom stereocenters. The Morgan fingerprint density at radius 1 is 0.703 bits per heavy atom. The molecule has 0 aliphatic carbocycles. The van der Waals surface area contributed by atoms with Gasteiger partial charge in [-0.2, -0.15) is 0 Å². The summed E-state index contributed by atoms with van der Waals surface area (Å²) in [5.74, 6) is -4.82. The number of carbonyl (C=O) groups excluding carboxylic acids is 1. The number of hydrogen-bond acceptors (Lipinski definition) is 7. The topological polar surface area (TPSA) is 159 Å². The summed E-state index contributed by atoms with van der Waals surface area (Å²) >= 11 is 5.36. The highest BCUT2D eigenvalue weighted by molar-refractivity contribution is 9.12. The number of carbonyl (C=O) groups is 4. The third-order valence-corrected chi connectivity index (χ3v) is 8.20. The predicted molar refractivity (Wildman–Crippen MR) is 150 cm³/mol. The van der Waals surface area contributed by atoms with E-state index in [1.165, 1.54) is 0 Å². The molecule has 0 aromatic rings. The van der Waals surface area contributed by atoms with Gasteiger partial charge in [-0.25, -0.2) is 4.79 Å². The van der Waals surface area contributed by atoms with Gasteiger partial charge in [-0.1, -0.05) is 39.3 Å². The number of rotatable bonds is 13. The summed E-state index contributed by atoms with van der Waals surface area (Å²) in [6.45, 7) is 7.02. The quantitative estimate of drug-likeness (QED) is 0.183. The Kier molecular flexibility index (Phi) is 22.8. The Morgan fingerprint density at radius 2 is 0.973 bits per heavy atom. The SMILES string of the molecule is C.CC[N+](C)(C)C(C(=O)[O-])C(C(=O)O)[N+](C)(C)CC.CN(C)CCN(C)C.O=C(O)C(Br)C(Br)C(=O)O. The fourth-order valence-electron chi connectivity index (χ4n) is 2.66. The Labute approximate surface area is 239 Å². The minimum Gasteiger partial charge on any atom is -0.544 e. The van der Waals surface area contributed by atoms with E-state index in [4.69, 9.17) is 10.2 Å². The summed E-state index contributed by atoms with van der Waals surface area (Å²) in [6, 6.07) is -2.11. The Bertz CT molecular complexity index is 648. The summed E-state index contributed by atoms with van der Waals surface area (Å²) in [4.78, 5) is 45.3. The van der Waals surface area contributed by atoms with E-state index in [1.807, 2.05) is 13.8 Å². The smallest absolute Gasteiger partial charge is 0.369 e. The molecule has 0 saturated heterocycles. The molecule has 0 bridgehead atoms. The van der Waals surface area contributed by atoms with Crippen molar-refractivity contribution < 1.29 is 48.6 Å². The van der Waals surface area contributed by atoms with Crippen LogP contribution in [0.25, 0.3) is 0 Å². The Hall–Kier alpha value is -1.32. The van der Waals surface area contributed by atoms with Gasteiger partial charge in [-0.05, 0) is 42.0 Å². The fraction of sp³-hybridized carbons (Fsp3) is 0.826. The third-order valence-electron chi connectivity index (χ3n) is 5.65. The van der Waals surface area contributed by atoms with Crippen molar-refractivity contribution >= 4 is 55.7 Å². The van der Waals surface area contributed by atoms with Crippen molar-refractivity contribution in [3.63, 3.8) is 0 Å². The van der Waals surface area contributed by atoms with Crippen molar-refractivity contribution in [1.29, 1.82) is 0 Å². The molecule has 0 aliphatic rings. The second-order valence-corrected chi connectivity index (χ2v) is 11.8. The first kappa shape index (κ1) is 42.8. The lowest BCUT2D eigenvalue weighted by atomic mass is 10.0. The molecular weight excluding hydrogens is 620 g/mol. The standard InChI is InChI=1S/C12H24N2O4.C6H16N2.C4H4Br2O4.CH4/c1-7-13(3,4)9(11(15)16)10(12(17)18)14(5,6)8-2;1-7(2)5-6-8(3)4;5-1(3(7)8)2(6)4(9)10;/h9-10H,7-8H2,1-6H3;5-6H2,1-4H3;1-2H,(H,7,8)(H,9,10);1H4/p+1. The molecule has 0 radical (unpaired) electrons. The molecule has 14 heteroatoms. The van der Waals surface area contributed by atoms with Gasteiger partial charge >= 0.3 is 17.9 Å². The van der Waals surface area contributed by atoms with Crippen LogP contribution in [0.5, 0.6) is 0 Å². The van der Waals surface area contributed by atoms with Crippen LogP contribution in [0.3, 0.4) is 0 Å². The largest absolute Gasteiger partial charge is 0.544 e. The van der Waals surface area contributed by atoms with E-state index < -0.39 is 45.6 Å². The number of nitrogens with zero attached hydrogens (tertiary/aromatic N) is 4. The van der Waals surface area contributed by atoms with Crippen LogP contribution in [0.15, 0.2) is 0 Å². The number of quaternary nitrogens is 2. The van der Waals surface area contributed by atoms with E-state index in [0.29, 0.717) is 13.1 Å². The second-order valence-electron chi connectivity index (χ2n) is 9.82. The lowest BCUT2D eigenvalue weighted by Crippen LogP contribution is -2.71. The Morgan fingerprint density at radius 3 is 1.14 bits per heavy atom. The zero-order valence-electron chi connectivity index (χ0n) is 23.1. The maximum Gasteiger partial charge on any atom is 0.369 e. The van der Waals surface area contributed by atoms with E-state index in [9.17, 15) is 29.4 Å². The number of carboxylic acids is 4. The number of hydrogen-bond donors (Lipinski definition) is 3. The molecule has 12 nitrogen and oxygen atoms in total. The van der Waals surface area contributed by atoms with Crippen LogP contribution in [0.1, 0.15) is 21.3 Å². The van der Waals surface area contributed by atoms with Crippen LogP contribution in [0, 0.1) is 0 Å². The van der Waals surface area contributed by atoms with Gasteiger partial charge in [0.2, 0.25) is 6.04 Å². The van der Waals surface area contributed by atoms with Crippen molar-refractivity contribution in [2.45, 2.75) is 43.0 Å². The highest BCUT2D eigenvalue weighted by Crippen LogP contribution is 2.20. The minimum atomic E-state index is -1.31. The normalized spacial score (nSPS) is 14.5. The highest BCUT2D eigenvalue weighted by Gasteiger charge is 2.49. The molecule has 0 amide bonds. The molecular formula is C23H49Br2N4O8+. The molecule has 0 heterocycles. The van der Waals surface area contributed by atoms with Crippen molar-refractivity contribution in [3.05, 3.63) is 0 Å². The van der Waals surface area contributed by atoms with Gasteiger partial charge in [0, 0.05) is 13.1 Å². The molecule has 37 heavy (non-hydrogen) atoms. The zero-order chi connectivity index (χ0) is 29.6. The summed E-state index contributed by atoms with van der Waals surface area (Å²) in [5, 5.41) is 37.3. The first-order chi connectivity index (χ1) is 16.1. The molecule has 3 N–H and O–H groups in total. The van der Waals surface area contributed by atoms with E-state index >= 15 is 0 Å². The Balaban J connectivity index is -0.000000242. The average Bonchev–Trinajstić information content (AvgIpc) is 2.74. The monoisotopic (exact) mass is 667 g/mol. The van der Waals surface area contributed by atoms with Crippen LogP contribution < -0.4 is 5.11 Å². The molecule has 0 saturated carbocycles. The number of halogens is 2. The number of alkyl halides is 2. The number of carboxylic acid groups (broad SMARTS) is 4. The molecule has 0 aromatic carbocycles. The van der Waals surface area contributed by atoms with E-state index in [-0.39, 0.29) is 16.4 Å². The molecule has 0 aromatic heterocycles. The number of likely N-dealkylation sites (N-methyl/N-ethyl adjacent to an activating group) is 4. The first-order valence-electron chi connectivity index (χ1n) is 11.2. The van der Waals surface area contributed by atoms with Gasteiger partial charge in [0.25, 0.3) is 0 Å². The highest BCUT2D eigenvalue weighted by atomic mass is 79.9. The van der Waals surface area contributed by atoms with Crippen LogP contribution in [-0.2, 0) is 19.2 Å². The van der Waals surface area contributed by atoms with Gasteiger partial charge in [-0.3, -0.25) is 9.59 Å². The summed E-state index contributed by atoms with van der Waals surface area (Å²) in [7, 11) is 15.2. The maximum absolute atomic E-state index is 11.5. The molecule has 0 rings (SSSR count). The lowest BCUT2D eigenvalue weighted by Gasteiger charge is -2.45. The van der Waals surface area contributed by atoms with Gasteiger partial charge in [0.1, 0.15) is 15.6 Å². The van der Waals surface area contributed by atoms with Gasteiger partial charge in [-0.15, -0.1) is 0 Å². The summed E-state index contributed by atoms with van der Waals surface area (Å²) < 4.78 is 0.191. The van der Waals surface area contributed by atoms with Gasteiger partial charge in [0.15, 0.2) is 6.04 Å². The molecule has 0 spiro atoms. The van der Waals surface area contributed by atoms with Crippen LogP contribution in [0.2, 0.25) is 0 Å². The fourth-order valence-corrected chi connectivity index (χ4v) is 3.11. The van der Waals surface area contributed by atoms with Crippen molar-refractivity contribution in [2.75, 3.05) is 82.6 Å². The van der Waals surface area contributed by atoms with Crippen molar-refractivity contribution in [2.24, 2.45) is 0 Å². The van der Waals surface area contributed by atoms with Gasteiger partial charge in [0.05, 0.1) is 41.3 Å². The zero-order valence-corrected chi connectivity index (χ0v) is 26.2. The second kappa shape index (κ2) is 19.7. The number of aliphatic carboxylic acids is 4. The summed E-state index contributed by atoms with van der Waals surface area (Å²) in [6.07, 6.45) is 0. The average molecular weight is 669 g/mol. The first-order valence-corrected chi connectivity index (χ1v) is 13.1. The molecule has 4 atom stereocenters. The van der Waals surface area contributed by atoms with Crippen LogP contribution in [0.4, 0.5) is 0 Å². The van der Waals surface area contributed by atoms with Crippen molar-refractivity contribution in [3.8, 4) is 0 Å². The van der Waals surface area contributed by atoms with E-state index in [2.05, 4.69) is 69.9 Å². The van der Waals surface area contributed by atoms with Crippen molar-refractivity contribution in [1.82, 2.24) is 9.80 Å².